The molecule has 39 heavy (non-hydrogen) atoms. The van der Waals surface area contributed by atoms with Gasteiger partial charge in [-0.15, -0.1) is 0 Å². The fourth-order valence-electron chi connectivity index (χ4n) is 3.22. The fourth-order valence-corrected chi connectivity index (χ4v) is 5.76. The number of carbonyl (C=O) groups is 1. The molecule has 0 saturated carbocycles. The Balaban J connectivity index is 2.24. The molecular weight excluding hydrogens is 589 g/mol. The van der Waals surface area contributed by atoms with Crippen LogP contribution in [0.25, 0.3) is 0 Å². The zero-order valence-electron chi connectivity index (χ0n) is 20.5. The normalized spacial score (nSPS) is 12.1. The highest BCUT2D eigenvalue weighted by molar-refractivity contribution is 7.94. The predicted octanol–water partition coefficient (Wildman–Crippen LogP) is 4.15. The van der Waals surface area contributed by atoms with Crippen molar-refractivity contribution in [1.29, 1.82) is 0 Å². The fraction of sp³-hybridized carbons (Fsp3) is 0.238. The summed E-state index contributed by atoms with van der Waals surface area (Å²) in [6, 6.07) is 5.52. The van der Waals surface area contributed by atoms with E-state index >= 15 is 0 Å². The Morgan fingerprint density at radius 1 is 1.00 bits per heavy atom. The summed E-state index contributed by atoms with van der Waals surface area (Å²) in [7, 11) is -9.51. The number of ether oxygens (including phenoxy) is 1. The summed E-state index contributed by atoms with van der Waals surface area (Å²) in [4.78, 5) is 24.5. The maximum absolute atomic E-state index is 13.8. The second-order valence-corrected chi connectivity index (χ2v) is 11.7. The van der Waals surface area contributed by atoms with Gasteiger partial charge < -0.3 is 4.74 Å². The van der Waals surface area contributed by atoms with Gasteiger partial charge in [0, 0.05) is 0 Å². The van der Waals surface area contributed by atoms with E-state index in [0.717, 1.165) is 12.1 Å². The van der Waals surface area contributed by atoms with Gasteiger partial charge in [0.05, 0.1) is 23.5 Å². The molecule has 2 aromatic carbocycles. The number of benzene rings is 2. The minimum absolute atomic E-state index is 0.0115. The van der Waals surface area contributed by atoms with Gasteiger partial charge in [-0.3, -0.25) is 10.0 Å². The number of anilines is 3. The van der Waals surface area contributed by atoms with Crippen LogP contribution in [0.15, 0.2) is 41.3 Å². The van der Waals surface area contributed by atoms with Crippen molar-refractivity contribution >= 4 is 55.0 Å². The maximum atomic E-state index is 13.8. The third-order valence-electron chi connectivity index (χ3n) is 4.98. The number of aromatic nitrogens is 3. The smallest absolute Gasteiger partial charge is 0.467 e. The lowest BCUT2D eigenvalue weighted by atomic mass is 10.1. The van der Waals surface area contributed by atoms with E-state index in [2.05, 4.69) is 20.3 Å². The van der Waals surface area contributed by atoms with Crippen LogP contribution >= 0.6 is 11.6 Å². The average Bonchev–Trinajstić information content (AvgIpc) is 2.80. The lowest BCUT2D eigenvalue weighted by Gasteiger charge is -2.26. The van der Waals surface area contributed by atoms with Crippen molar-refractivity contribution in [3.8, 4) is 6.01 Å². The van der Waals surface area contributed by atoms with Crippen LogP contribution in [0.3, 0.4) is 0 Å². The summed E-state index contributed by atoms with van der Waals surface area (Å²) in [6.07, 6.45) is 0. The first kappa shape index (κ1) is 29.9. The van der Waals surface area contributed by atoms with Crippen LogP contribution in [0.2, 0.25) is 5.02 Å². The molecule has 210 valence electrons. The Bertz CT molecular complexity index is 1650. The lowest BCUT2D eigenvalue weighted by Crippen LogP contribution is -2.41. The minimum atomic E-state index is -5.88. The van der Waals surface area contributed by atoms with E-state index in [1.54, 1.807) is 0 Å². The van der Waals surface area contributed by atoms with Gasteiger partial charge in [-0.2, -0.15) is 40.8 Å². The molecule has 0 aliphatic carbocycles. The first-order valence-corrected chi connectivity index (χ1v) is 13.9. The van der Waals surface area contributed by atoms with Gasteiger partial charge in [-0.1, -0.05) is 29.8 Å². The van der Waals surface area contributed by atoms with E-state index in [-0.39, 0.29) is 32.3 Å². The number of amides is 2. The molecule has 12 nitrogen and oxygen atoms in total. The second kappa shape index (κ2) is 10.8. The monoisotopic (exact) mass is 608 g/mol. The van der Waals surface area contributed by atoms with E-state index in [0.29, 0.717) is 0 Å². The van der Waals surface area contributed by atoms with Crippen LogP contribution in [0.5, 0.6) is 6.01 Å². The summed E-state index contributed by atoms with van der Waals surface area (Å²) < 4.78 is 96.7. The lowest BCUT2D eigenvalue weighted by molar-refractivity contribution is -0.0429. The highest BCUT2D eigenvalue weighted by atomic mass is 35.5. The van der Waals surface area contributed by atoms with Crippen LogP contribution in [-0.2, 0) is 20.0 Å². The van der Waals surface area contributed by atoms with Crippen LogP contribution in [0.4, 0.5) is 35.3 Å². The Labute approximate surface area is 226 Å². The molecule has 1 aromatic heterocycles. The molecule has 1 heterocycles. The number of nitrogens with zero attached hydrogens (tertiary/aromatic N) is 4. The maximum Gasteiger partial charge on any atom is 0.516 e. The van der Waals surface area contributed by atoms with E-state index in [4.69, 9.17) is 16.3 Å². The molecule has 0 atom stereocenters. The van der Waals surface area contributed by atoms with Gasteiger partial charge in [-0.25, -0.2) is 13.2 Å². The number of sulfonamides is 2. The Morgan fingerprint density at radius 2 is 1.64 bits per heavy atom. The third-order valence-corrected chi connectivity index (χ3v) is 8.27. The van der Waals surface area contributed by atoms with E-state index in [1.807, 2.05) is 0 Å². The number of urea groups is 1. The van der Waals surface area contributed by atoms with Crippen molar-refractivity contribution in [1.82, 2.24) is 15.0 Å². The predicted molar refractivity (Wildman–Crippen MR) is 136 cm³/mol. The molecule has 3 aromatic rings. The van der Waals surface area contributed by atoms with Crippen molar-refractivity contribution < 1.29 is 39.5 Å². The van der Waals surface area contributed by atoms with Gasteiger partial charge in [0.15, 0.2) is 0 Å². The second-order valence-electron chi connectivity index (χ2n) is 7.83. The van der Waals surface area contributed by atoms with Crippen LogP contribution in [0, 0.1) is 20.8 Å². The molecule has 0 aliphatic rings. The van der Waals surface area contributed by atoms with Crippen LogP contribution < -0.4 is 19.1 Å². The number of methoxy groups -OCH3 is 1. The first-order chi connectivity index (χ1) is 18.0. The molecule has 3 rings (SSSR count). The number of rotatable bonds is 7. The highest BCUT2D eigenvalue weighted by Crippen LogP contribution is 2.36. The zero-order chi connectivity index (χ0) is 29.3. The molecule has 18 heteroatoms. The number of hydrogen-bond donors (Lipinski definition) is 2. The van der Waals surface area contributed by atoms with Gasteiger partial charge >= 0.3 is 27.6 Å². The van der Waals surface area contributed by atoms with Crippen molar-refractivity contribution in [2.45, 2.75) is 31.2 Å². The minimum Gasteiger partial charge on any atom is -0.467 e. The number of nitrogens with one attached hydrogen (secondary N) is 2. The number of halogens is 4. The first-order valence-electron chi connectivity index (χ1n) is 10.6. The zero-order valence-corrected chi connectivity index (χ0v) is 22.9. The van der Waals surface area contributed by atoms with Crippen molar-refractivity contribution in [3.63, 3.8) is 0 Å². The number of carbonyl (C=O) groups excluding carboxylic acids is 1. The Kier molecular flexibility index (Phi) is 8.28. The van der Waals surface area contributed by atoms with Gasteiger partial charge in [-0.05, 0) is 50.1 Å². The Hall–Kier alpha value is -3.70. The van der Waals surface area contributed by atoms with E-state index < -0.39 is 53.8 Å². The summed E-state index contributed by atoms with van der Waals surface area (Å²) >= 11 is 6.10. The molecule has 0 radical (unpaired) electrons. The molecule has 0 bridgehead atoms. The Morgan fingerprint density at radius 3 is 2.23 bits per heavy atom. The summed E-state index contributed by atoms with van der Waals surface area (Å²) in [5.41, 5.74) is -6.69. The summed E-state index contributed by atoms with van der Waals surface area (Å²) in [5.74, 6) is -0.306. The average molecular weight is 609 g/mol. The molecule has 2 N–H and O–H groups in total. The molecule has 0 spiro atoms. The van der Waals surface area contributed by atoms with Gasteiger partial charge in [0.2, 0.25) is 5.95 Å². The van der Waals surface area contributed by atoms with Gasteiger partial charge in [0.25, 0.3) is 10.0 Å². The van der Waals surface area contributed by atoms with Crippen molar-refractivity contribution in [2.24, 2.45) is 0 Å². The largest absolute Gasteiger partial charge is 0.516 e. The highest BCUT2D eigenvalue weighted by Gasteiger charge is 2.46. The molecule has 0 aliphatic heterocycles. The topological polar surface area (TPSA) is 161 Å². The molecular formula is C21H20ClF3N6O6S2. The van der Waals surface area contributed by atoms with E-state index in [1.165, 1.54) is 56.9 Å². The molecule has 0 saturated heterocycles. The number of hydrogen-bond acceptors (Lipinski definition) is 9. The van der Waals surface area contributed by atoms with Gasteiger partial charge in [0.1, 0.15) is 10.7 Å². The standard InChI is InChI=1S/C21H20ClF3N6O6S2/c1-11-9-12(2)16(10-15(11)30-39(35,36)21(23,24)25)31(38(33,34)17-8-6-5-7-14(17)22)20(32)29-18-26-13(3)27-19(28-18)37-4/h5-10,30H,1-4H3,(H,26,27,28,29,32). The quantitative estimate of drug-likeness (QED) is 0.401. The van der Waals surface area contributed by atoms with Crippen molar-refractivity contribution in [2.75, 3.05) is 21.5 Å². The number of alkyl halides is 3. The van der Waals surface area contributed by atoms with E-state index in [9.17, 15) is 34.8 Å². The molecule has 0 unspecified atom stereocenters. The SMILES string of the molecule is COc1nc(C)nc(NC(=O)N(c2cc(NS(=O)(=O)C(F)(F)F)c(C)cc2C)S(=O)(=O)c2ccccc2Cl)n1. The number of aryl methyl sites for hydroxylation is 3. The third kappa shape index (κ3) is 6.31. The van der Waals surface area contributed by atoms with Crippen LogP contribution in [-0.4, -0.2) is 50.4 Å². The summed E-state index contributed by atoms with van der Waals surface area (Å²) in [6.45, 7) is 4.10. The summed E-state index contributed by atoms with van der Waals surface area (Å²) in [5, 5.41) is 1.92. The molecule has 0 fully saturated rings. The van der Waals surface area contributed by atoms with Crippen molar-refractivity contribution in [3.05, 3.63) is 58.4 Å². The van der Waals surface area contributed by atoms with Crippen LogP contribution in [0.1, 0.15) is 17.0 Å². The molecule has 2 amide bonds.